The van der Waals surface area contributed by atoms with Crippen LogP contribution in [-0.2, 0) is 20.7 Å². The van der Waals surface area contributed by atoms with Gasteiger partial charge in [0, 0.05) is 24.4 Å². The molecule has 1 aromatic rings. The van der Waals surface area contributed by atoms with Crippen molar-refractivity contribution in [1.82, 2.24) is 15.3 Å². The monoisotopic (exact) mass is 325 g/mol. The van der Waals surface area contributed by atoms with Gasteiger partial charge in [-0.25, -0.2) is 9.97 Å². The Morgan fingerprint density at radius 1 is 1.23 bits per heavy atom. The van der Waals surface area contributed by atoms with E-state index in [-0.39, 0.29) is 24.9 Å². The quantitative estimate of drug-likeness (QED) is 0.446. The minimum absolute atomic E-state index is 0.213. The first-order valence-electron chi connectivity index (χ1n) is 7.28. The maximum absolute atomic E-state index is 11.7. The highest BCUT2D eigenvalue weighted by molar-refractivity contribution is 7.98. The van der Waals surface area contributed by atoms with Crippen molar-refractivity contribution < 1.29 is 14.3 Å². The molecule has 0 fully saturated rings. The number of esters is 1. The van der Waals surface area contributed by atoms with Gasteiger partial charge in [0.15, 0.2) is 11.8 Å². The fourth-order valence-corrected chi connectivity index (χ4v) is 2.38. The Labute approximate surface area is 135 Å². The van der Waals surface area contributed by atoms with E-state index >= 15 is 0 Å². The van der Waals surface area contributed by atoms with Gasteiger partial charge in [0.25, 0.3) is 5.91 Å². The average molecular weight is 325 g/mol. The van der Waals surface area contributed by atoms with Crippen LogP contribution in [0.3, 0.4) is 0 Å². The minimum Gasteiger partial charge on any atom is -0.456 e. The van der Waals surface area contributed by atoms with Crippen molar-refractivity contribution in [1.29, 1.82) is 0 Å². The number of nitrogens with one attached hydrogen (secondary N) is 1. The summed E-state index contributed by atoms with van der Waals surface area (Å²) in [5, 5.41) is 3.38. The predicted molar refractivity (Wildman–Crippen MR) is 85.9 cm³/mol. The van der Waals surface area contributed by atoms with Gasteiger partial charge in [0.2, 0.25) is 0 Å². The molecule has 0 aromatic carbocycles. The van der Waals surface area contributed by atoms with E-state index in [9.17, 15) is 9.59 Å². The maximum atomic E-state index is 11.7. The zero-order valence-corrected chi connectivity index (χ0v) is 14.4. The molecular formula is C15H23N3O3S. The number of nitrogens with zero attached hydrogens (tertiary/aromatic N) is 2. The van der Waals surface area contributed by atoms with Crippen molar-refractivity contribution in [3.63, 3.8) is 0 Å². The van der Waals surface area contributed by atoms with Crippen molar-refractivity contribution >= 4 is 23.6 Å². The van der Waals surface area contributed by atoms with Gasteiger partial charge in [-0.2, -0.15) is 0 Å². The molecule has 0 radical (unpaired) electrons. The third kappa shape index (κ3) is 6.01. The number of aryl methyl sites for hydroxylation is 2. The van der Waals surface area contributed by atoms with Gasteiger partial charge in [0.05, 0.1) is 0 Å². The summed E-state index contributed by atoms with van der Waals surface area (Å²) in [5.41, 5.74) is 2.72. The van der Waals surface area contributed by atoms with Crippen molar-refractivity contribution in [3.05, 3.63) is 17.0 Å². The number of hydrogen-bond donors (Lipinski definition) is 1. The Bertz CT molecular complexity index is 512. The van der Waals surface area contributed by atoms with Crippen LogP contribution >= 0.6 is 11.8 Å². The Hall–Kier alpha value is -1.63. The van der Waals surface area contributed by atoms with Crippen LogP contribution in [0.2, 0.25) is 0 Å². The largest absolute Gasteiger partial charge is 0.456 e. The van der Waals surface area contributed by atoms with Gasteiger partial charge >= 0.3 is 5.97 Å². The molecule has 0 aliphatic carbocycles. The zero-order chi connectivity index (χ0) is 16.5. The molecule has 22 heavy (non-hydrogen) atoms. The summed E-state index contributed by atoms with van der Waals surface area (Å²) in [6, 6.07) is 0. The Morgan fingerprint density at radius 2 is 1.86 bits per heavy atom. The summed E-state index contributed by atoms with van der Waals surface area (Å²) in [5.74, 6) is -0.658. The van der Waals surface area contributed by atoms with Crippen LogP contribution in [0, 0.1) is 13.8 Å². The van der Waals surface area contributed by atoms with E-state index in [0.717, 1.165) is 28.5 Å². The van der Waals surface area contributed by atoms with Crippen LogP contribution in [0.25, 0.3) is 0 Å². The second-order valence-corrected chi connectivity index (χ2v) is 5.64. The number of rotatable bonds is 8. The molecule has 0 saturated heterocycles. The SMILES string of the molecule is CCCNC(=O)COC(=O)CCc1c(C)nc(SC)nc1C. The number of hydrogen-bond acceptors (Lipinski definition) is 6. The number of thioether (sulfide) groups is 1. The van der Waals surface area contributed by atoms with Gasteiger partial charge in [-0.15, -0.1) is 0 Å². The third-order valence-electron chi connectivity index (χ3n) is 3.10. The number of amides is 1. The van der Waals surface area contributed by atoms with E-state index in [0.29, 0.717) is 13.0 Å². The van der Waals surface area contributed by atoms with Crippen molar-refractivity contribution in [2.75, 3.05) is 19.4 Å². The molecule has 0 atom stereocenters. The molecule has 1 rings (SSSR count). The molecule has 0 unspecified atom stereocenters. The normalized spacial score (nSPS) is 10.4. The van der Waals surface area contributed by atoms with Gasteiger partial charge in [-0.3, -0.25) is 9.59 Å². The van der Waals surface area contributed by atoms with Crippen LogP contribution in [-0.4, -0.2) is 41.3 Å². The van der Waals surface area contributed by atoms with Crippen LogP contribution in [0.15, 0.2) is 5.16 Å². The molecule has 1 N–H and O–H groups in total. The molecule has 6 nitrogen and oxygen atoms in total. The summed E-state index contributed by atoms with van der Waals surface area (Å²) in [6.45, 7) is 6.15. The van der Waals surface area contributed by atoms with E-state index in [1.54, 1.807) is 0 Å². The van der Waals surface area contributed by atoms with E-state index in [4.69, 9.17) is 4.74 Å². The fourth-order valence-electron chi connectivity index (χ4n) is 1.92. The van der Waals surface area contributed by atoms with Crippen LogP contribution in [0.1, 0.15) is 36.7 Å². The van der Waals surface area contributed by atoms with E-state index in [2.05, 4.69) is 15.3 Å². The molecule has 0 bridgehead atoms. The predicted octanol–water partition coefficient (Wildman–Crippen LogP) is 1.82. The number of aromatic nitrogens is 2. The molecule has 1 heterocycles. The number of ether oxygens (including phenoxy) is 1. The second-order valence-electron chi connectivity index (χ2n) is 4.87. The lowest BCUT2D eigenvalue weighted by Crippen LogP contribution is -2.29. The van der Waals surface area contributed by atoms with Gasteiger partial charge in [-0.1, -0.05) is 18.7 Å². The lowest BCUT2D eigenvalue weighted by molar-refractivity contribution is -0.148. The van der Waals surface area contributed by atoms with Crippen molar-refractivity contribution in [2.45, 2.75) is 45.2 Å². The molecule has 0 saturated carbocycles. The zero-order valence-electron chi connectivity index (χ0n) is 13.6. The summed E-state index contributed by atoms with van der Waals surface area (Å²) >= 11 is 1.49. The molecule has 1 aromatic heterocycles. The van der Waals surface area contributed by atoms with Crippen LogP contribution < -0.4 is 5.32 Å². The number of carbonyl (C=O) groups is 2. The Balaban J connectivity index is 2.46. The summed E-state index contributed by atoms with van der Waals surface area (Å²) in [7, 11) is 0. The number of carbonyl (C=O) groups excluding carboxylic acids is 2. The summed E-state index contributed by atoms with van der Waals surface area (Å²) < 4.78 is 4.95. The Morgan fingerprint density at radius 3 is 2.41 bits per heavy atom. The summed E-state index contributed by atoms with van der Waals surface area (Å²) in [6.07, 6.45) is 3.51. The van der Waals surface area contributed by atoms with Crippen LogP contribution in [0.5, 0.6) is 0 Å². The first kappa shape index (κ1) is 18.4. The van der Waals surface area contributed by atoms with Crippen molar-refractivity contribution in [2.24, 2.45) is 0 Å². The highest BCUT2D eigenvalue weighted by atomic mass is 32.2. The lowest BCUT2D eigenvalue weighted by Gasteiger charge is -2.10. The van der Waals surface area contributed by atoms with Gasteiger partial charge in [0.1, 0.15) is 0 Å². The van der Waals surface area contributed by atoms with E-state index in [1.165, 1.54) is 11.8 Å². The van der Waals surface area contributed by atoms with Gasteiger partial charge in [-0.05, 0) is 38.5 Å². The average Bonchev–Trinajstić information content (AvgIpc) is 2.49. The van der Waals surface area contributed by atoms with Gasteiger partial charge < -0.3 is 10.1 Å². The molecule has 1 amide bonds. The van der Waals surface area contributed by atoms with Crippen LogP contribution in [0.4, 0.5) is 0 Å². The molecular weight excluding hydrogens is 302 g/mol. The topological polar surface area (TPSA) is 81.2 Å². The first-order chi connectivity index (χ1) is 10.5. The van der Waals surface area contributed by atoms with E-state index in [1.807, 2.05) is 27.0 Å². The Kier molecular flexibility index (Phi) is 7.87. The van der Waals surface area contributed by atoms with E-state index < -0.39 is 0 Å². The summed E-state index contributed by atoms with van der Waals surface area (Å²) in [4.78, 5) is 31.8. The molecule has 0 aliphatic heterocycles. The standard InChI is InChI=1S/C15H23N3O3S/c1-5-8-16-13(19)9-21-14(20)7-6-12-10(2)17-15(22-4)18-11(12)3/h5-9H2,1-4H3,(H,16,19). The third-order valence-corrected chi connectivity index (χ3v) is 3.65. The smallest absolute Gasteiger partial charge is 0.306 e. The molecule has 0 aliphatic rings. The second kappa shape index (κ2) is 9.40. The lowest BCUT2D eigenvalue weighted by atomic mass is 10.1. The molecule has 0 spiro atoms. The molecule has 7 heteroatoms. The fraction of sp³-hybridized carbons (Fsp3) is 0.600. The maximum Gasteiger partial charge on any atom is 0.306 e. The minimum atomic E-state index is -0.389. The first-order valence-corrected chi connectivity index (χ1v) is 8.50. The highest BCUT2D eigenvalue weighted by Gasteiger charge is 2.12. The highest BCUT2D eigenvalue weighted by Crippen LogP contribution is 2.17. The molecule has 122 valence electrons. The van der Waals surface area contributed by atoms with Crippen molar-refractivity contribution in [3.8, 4) is 0 Å².